The van der Waals surface area contributed by atoms with E-state index >= 15 is 0 Å². The summed E-state index contributed by atoms with van der Waals surface area (Å²) in [6.07, 6.45) is -4.43. The Morgan fingerprint density at radius 1 is 1.12 bits per heavy atom. The number of hydrogen-bond donors (Lipinski definition) is 1. The van der Waals surface area contributed by atoms with Gasteiger partial charge in [0.05, 0.1) is 11.3 Å². The molecule has 0 unspecified atom stereocenters. The number of nitrogen functional groups attached to an aromatic ring is 1. The Bertz CT molecular complexity index is 903. The third-order valence-electron chi connectivity index (χ3n) is 3.49. The van der Waals surface area contributed by atoms with Gasteiger partial charge in [0.25, 0.3) is 0 Å². The summed E-state index contributed by atoms with van der Waals surface area (Å²) < 4.78 is 40.1. The number of hydrogen-bond acceptors (Lipinski definition) is 3. The molecule has 0 aliphatic rings. The standard InChI is InChI=1S/C16H12ClF3N4/c1-9-14(10-4-2-5-11(8-10)16(18,19)20)15(21)24(23-9)13-7-3-6-12(17)22-13/h2-8H,21H2,1H3. The van der Waals surface area contributed by atoms with Gasteiger partial charge in [0.1, 0.15) is 11.0 Å². The summed E-state index contributed by atoms with van der Waals surface area (Å²) in [6.45, 7) is 1.67. The Hall–Kier alpha value is -2.54. The number of anilines is 1. The molecule has 0 spiro atoms. The summed E-state index contributed by atoms with van der Waals surface area (Å²) in [4.78, 5) is 4.12. The van der Waals surface area contributed by atoms with E-state index in [4.69, 9.17) is 17.3 Å². The molecule has 0 radical (unpaired) electrons. The second-order valence-corrected chi connectivity index (χ2v) is 5.54. The van der Waals surface area contributed by atoms with Gasteiger partial charge in [-0.25, -0.2) is 4.98 Å². The summed E-state index contributed by atoms with van der Waals surface area (Å²) in [5.41, 5.74) is 6.64. The molecule has 124 valence electrons. The number of aromatic nitrogens is 3. The highest BCUT2D eigenvalue weighted by molar-refractivity contribution is 6.29. The molecule has 2 N–H and O–H groups in total. The minimum absolute atomic E-state index is 0.196. The third-order valence-corrected chi connectivity index (χ3v) is 3.70. The van der Waals surface area contributed by atoms with Crippen molar-refractivity contribution in [1.29, 1.82) is 0 Å². The fraction of sp³-hybridized carbons (Fsp3) is 0.125. The van der Waals surface area contributed by atoms with Crippen molar-refractivity contribution in [3.8, 4) is 16.9 Å². The van der Waals surface area contributed by atoms with E-state index in [2.05, 4.69) is 10.1 Å². The Labute approximate surface area is 140 Å². The van der Waals surface area contributed by atoms with Crippen LogP contribution in [0.4, 0.5) is 19.0 Å². The van der Waals surface area contributed by atoms with E-state index in [0.29, 0.717) is 22.6 Å². The Morgan fingerprint density at radius 2 is 1.83 bits per heavy atom. The molecule has 0 bridgehead atoms. The van der Waals surface area contributed by atoms with Gasteiger partial charge >= 0.3 is 6.18 Å². The van der Waals surface area contributed by atoms with Crippen molar-refractivity contribution in [2.75, 3.05) is 5.73 Å². The first-order valence-corrected chi connectivity index (χ1v) is 7.31. The minimum atomic E-state index is -4.43. The third kappa shape index (κ3) is 2.94. The molecule has 0 saturated heterocycles. The highest BCUT2D eigenvalue weighted by Crippen LogP contribution is 2.35. The zero-order valence-electron chi connectivity index (χ0n) is 12.5. The van der Waals surface area contributed by atoms with Gasteiger partial charge in [-0.3, -0.25) is 0 Å². The molecule has 0 saturated carbocycles. The lowest BCUT2D eigenvalue weighted by Gasteiger charge is -2.09. The Kier molecular flexibility index (Phi) is 3.96. The minimum Gasteiger partial charge on any atom is -0.383 e. The molecule has 8 heteroatoms. The van der Waals surface area contributed by atoms with Crippen molar-refractivity contribution in [2.24, 2.45) is 0 Å². The maximum absolute atomic E-state index is 12.9. The van der Waals surface area contributed by atoms with Crippen LogP contribution in [0.25, 0.3) is 16.9 Å². The first-order chi connectivity index (χ1) is 11.3. The number of benzene rings is 1. The van der Waals surface area contributed by atoms with Crippen LogP contribution in [0.5, 0.6) is 0 Å². The van der Waals surface area contributed by atoms with Crippen LogP contribution < -0.4 is 5.73 Å². The summed E-state index contributed by atoms with van der Waals surface area (Å²) in [5, 5.41) is 4.54. The molecule has 2 aromatic heterocycles. The Morgan fingerprint density at radius 3 is 2.50 bits per heavy atom. The molecule has 3 rings (SSSR count). The molecule has 0 atom stereocenters. The predicted octanol–water partition coefficient (Wildman–Crippen LogP) is 4.50. The van der Waals surface area contributed by atoms with E-state index in [9.17, 15) is 13.2 Å². The summed E-state index contributed by atoms with van der Waals surface area (Å²) in [6, 6.07) is 9.91. The van der Waals surface area contributed by atoms with E-state index in [-0.39, 0.29) is 11.0 Å². The molecule has 0 aliphatic carbocycles. The lowest BCUT2D eigenvalue weighted by molar-refractivity contribution is -0.137. The monoisotopic (exact) mass is 352 g/mol. The largest absolute Gasteiger partial charge is 0.416 e. The molecule has 4 nitrogen and oxygen atoms in total. The van der Waals surface area contributed by atoms with Crippen LogP contribution in [0, 0.1) is 6.92 Å². The average Bonchev–Trinajstić information content (AvgIpc) is 2.81. The van der Waals surface area contributed by atoms with Crippen molar-refractivity contribution in [1.82, 2.24) is 14.8 Å². The number of alkyl halides is 3. The second kappa shape index (κ2) is 5.83. The number of nitrogens with two attached hydrogens (primary N) is 1. The lowest BCUT2D eigenvalue weighted by atomic mass is 10.0. The molecule has 0 fully saturated rings. The molecule has 2 heterocycles. The van der Waals surface area contributed by atoms with Gasteiger partial charge in [-0.15, -0.1) is 0 Å². The first kappa shape index (κ1) is 16.3. The summed E-state index contributed by atoms with van der Waals surface area (Å²) >= 11 is 5.86. The zero-order chi connectivity index (χ0) is 17.5. The molecular formula is C16H12ClF3N4. The van der Waals surface area contributed by atoms with Crippen molar-refractivity contribution in [3.63, 3.8) is 0 Å². The molecule has 1 aromatic carbocycles. The van der Waals surface area contributed by atoms with Gasteiger partial charge < -0.3 is 5.73 Å². The highest BCUT2D eigenvalue weighted by atomic mass is 35.5. The van der Waals surface area contributed by atoms with E-state index in [1.807, 2.05) is 0 Å². The average molecular weight is 353 g/mol. The zero-order valence-corrected chi connectivity index (χ0v) is 13.2. The smallest absolute Gasteiger partial charge is 0.383 e. The van der Waals surface area contributed by atoms with Gasteiger partial charge in [0.2, 0.25) is 0 Å². The molecular weight excluding hydrogens is 341 g/mol. The SMILES string of the molecule is Cc1nn(-c2cccc(Cl)n2)c(N)c1-c1cccc(C(F)(F)F)c1. The molecule has 0 amide bonds. The Balaban J connectivity index is 2.14. The van der Waals surface area contributed by atoms with Gasteiger partial charge in [-0.05, 0) is 36.8 Å². The topological polar surface area (TPSA) is 56.7 Å². The van der Waals surface area contributed by atoms with E-state index in [0.717, 1.165) is 12.1 Å². The van der Waals surface area contributed by atoms with Crippen molar-refractivity contribution in [3.05, 3.63) is 58.9 Å². The van der Waals surface area contributed by atoms with E-state index in [1.165, 1.54) is 10.7 Å². The van der Waals surface area contributed by atoms with Gasteiger partial charge in [0.15, 0.2) is 5.82 Å². The van der Waals surface area contributed by atoms with Gasteiger partial charge in [-0.2, -0.15) is 23.0 Å². The number of aryl methyl sites for hydroxylation is 1. The maximum Gasteiger partial charge on any atom is 0.416 e. The van der Waals surface area contributed by atoms with Gasteiger partial charge in [0, 0.05) is 5.56 Å². The van der Waals surface area contributed by atoms with Crippen LogP contribution in [-0.4, -0.2) is 14.8 Å². The lowest BCUT2D eigenvalue weighted by Crippen LogP contribution is -2.05. The van der Waals surface area contributed by atoms with Crippen molar-refractivity contribution < 1.29 is 13.2 Å². The summed E-state index contributed by atoms with van der Waals surface area (Å²) in [5.74, 6) is 0.586. The van der Waals surface area contributed by atoms with Crippen LogP contribution in [0.1, 0.15) is 11.3 Å². The van der Waals surface area contributed by atoms with Crippen LogP contribution in [0.3, 0.4) is 0 Å². The van der Waals surface area contributed by atoms with E-state index < -0.39 is 11.7 Å². The van der Waals surface area contributed by atoms with E-state index in [1.54, 1.807) is 31.2 Å². The molecule has 3 aromatic rings. The maximum atomic E-state index is 12.9. The first-order valence-electron chi connectivity index (χ1n) is 6.93. The molecule has 24 heavy (non-hydrogen) atoms. The number of nitrogens with zero attached hydrogens (tertiary/aromatic N) is 3. The normalized spacial score (nSPS) is 11.7. The number of pyridine rings is 1. The number of rotatable bonds is 2. The predicted molar refractivity (Wildman–Crippen MR) is 86.0 cm³/mol. The summed E-state index contributed by atoms with van der Waals surface area (Å²) in [7, 11) is 0. The highest BCUT2D eigenvalue weighted by Gasteiger charge is 2.31. The van der Waals surface area contributed by atoms with Crippen LogP contribution in [-0.2, 0) is 6.18 Å². The second-order valence-electron chi connectivity index (χ2n) is 5.15. The quantitative estimate of drug-likeness (QED) is 0.691. The van der Waals surface area contributed by atoms with Crippen LogP contribution in [0.15, 0.2) is 42.5 Å². The fourth-order valence-corrected chi connectivity index (χ4v) is 2.60. The van der Waals surface area contributed by atoms with Crippen LogP contribution in [0.2, 0.25) is 5.15 Å². The van der Waals surface area contributed by atoms with Crippen molar-refractivity contribution in [2.45, 2.75) is 13.1 Å². The van der Waals surface area contributed by atoms with Crippen molar-refractivity contribution >= 4 is 17.4 Å². The number of halogens is 4. The fourth-order valence-electron chi connectivity index (χ4n) is 2.44. The molecule has 0 aliphatic heterocycles. The van der Waals surface area contributed by atoms with Crippen LogP contribution >= 0.6 is 11.6 Å². The van der Waals surface area contributed by atoms with Gasteiger partial charge in [-0.1, -0.05) is 29.8 Å².